The van der Waals surface area contributed by atoms with Crippen LogP contribution in [-0.2, 0) is 6.54 Å². The maximum absolute atomic E-state index is 6.17. The predicted octanol–water partition coefficient (Wildman–Crippen LogP) is 5.03. The lowest BCUT2D eigenvalue weighted by molar-refractivity contribution is 0.487. The Morgan fingerprint density at radius 1 is 1.36 bits per heavy atom. The van der Waals surface area contributed by atoms with Gasteiger partial charge in [-0.25, -0.2) is 4.98 Å². The van der Waals surface area contributed by atoms with Crippen LogP contribution in [0, 0.1) is 18.3 Å². The van der Waals surface area contributed by atoms with Gasteiger partial charge in [-0.3, -0.25) is 4.68 Å². The van der Waals surface area contributed by atoms with Gasteiger partial charge >= 0.3 is 0 Å². The molecule has 1 N–H and O–H groups in total. The van der Waals surface area contributed by atoms with Gasteiger partial charge in [0.05, 0.1) is 27.6 Å². The van der Waals surface area contributed by atoms with Gasteiger partial charge in [0.2, 0.25) is 0 Å². The van der Waals surface area contributed by atoms with E-state index in [1.807, 2.05) is 30.5 Å². The molecule has 4 nitrogen and oxygen atoms in total. The highest BCUT2D eigenvalue weighted by Crippen LogP contribution is 2.38. The molecule has 3 heterocycles. The molecule has 0 aliphatic heterocycles. The Hall–Kier alpha value is -2.29. The summed E-state index contributed by atoms with van der Waals surface area (Å²) >= 11 is 7.73. The summed E-state index contributed by atoms with van der Waals surface area (Å²) < 4.78 is 2.82. The van der Waals surface area contributed by atoms with Crippen LogP contribution >= 0.6 is 22.9 Å². The smallest absolute Gasteiger partial charge is 0.127 e. The van der Waals surface area contributed by atoms with E-state index in [2.05, 4.69) is 39.8 Å². The molecule has 3 rings (SSSR count). The van der Waals surface area contributed by atoms with E-state index in [1.165, 1.54) is 0 Å². The van der Waals surface area contributed by atoms with Crippen molar-refractivity contribution in [1.29, 1.82) is 0 Å². The quantitative estimate of drug-likeness (QED) is 0.619. The van der Waals surface area contributed by atoms with Crippen molar-refractivity contribution in [3.8, 4) is 34.0 Å². The van der Waals surface area contributed by atoms with Crippen LogP contribution < -0.4 is 5.32 Å². The lowest BCUT2D eigenvalue weighted by Gasteiger charge is -2.11. The minimum Gasteiger partial charge on any atom is -0.359 e. The summed E-state index contributed by atoms with van der Waals surface area (Å²) in [5, 5.41) is 7.73. The van der Waals surface area contributed by atoms with E-state index < -0.39 is 0 Å². The first-order valence-electron chi connectivity index (χ1n) is 8.03. The van der Waals surface area contributed by atoms with Crippen molar-refractivity contribution in [2.75, 3.05) is 11.9 Å². The fraction of sp³-hybridized carbons (Fsp3) is 0.263. The molecule has 25 heavy (non-hydrogen) atoms. The average Bonchev–Trinajstić information content (AvgIpc) is 3.18. The van der Waals surface area contributed by atoms with E-state index in [1.54, 1.807) is 17.5 Å². The van der Waals surface area contributed by atoms with Gasteiger partial charge in [-0.2, -0.15) is 5.10 Å². The molecular formula is C19H19ClN4S. The Labute approximate surface area is 156 Å². The van der Waals surface area contributed by atoms with E-state index in [4.69, 9.17) is 18.0 Å². The molecule has 3 aromatic heterocycles. The van der Waals surface area contributed by atoms with Crippen LogP contribution in [0.25, 0.3) is 21.7 Å². The molecule has 0 aliphatic carbocycles. The summed E-state index contributed by atoms with van der Waals surface area (Å²) in [6.07, 6.45) is 9.00. The van der Waals surface area contributed by atoms with Crippen molar-refractivity contribution in [2.24, 2.45) is 5.92 Å². The number of nitrogens with zero attached hydrogens (tertiary/aromatic N) is 3. The fourth-order valence-electron chi connectivity index (χ4n) is 2.62. The number of terminal acetylenes is 1. The van der Waals surface area contributed by atoms with Crippen LogP contribution in [0.15, 0.2) is 36.7 Å². The fourth-order valence-corrected chi connectivity index (χ4v) is 3.73. The predicted molar refractivity (Wildman–Crippen MR) is 106 cm³/mol. The Bertz CT molecular complexity index is 904. The maximum Gasteiger partial charge on any atom is 0.127 e. The van der Waals surface area contributed by atoms with E-state index in [0.29, 0.717) is 12.5 Å². The molecule has 6 heteroatoms. The molecule has 0 amide bonds. The molecule has 0 saturated heterocycles. The van der Waals surface area contributed by atoms with E-state index >= 15 is 0 Å². The van der Waals surface area contributed by atoms with Gasteiger partial charge in [0.15, 0.2) is 0 Å². The lowest BCUT2D eigenvalue weighted by atomic mass is 10.1. The standard InChI is InChI=1S/C19H19ClN4S/c1-4-8-21-18-10-14(7-9-22-18)15-11-23-24(12-13(2)3)19(15)16-5-6-17(20)25-16/h1,5-7,9-11,13H,8,12H2,2-3H3,(H,21,22). The minimum absolute atomic E-state index is 0.441. The molecule has 0 bridgehead atoms. The zero-order valence-corrected chi connectivity index (χ0v) is 15.7. The van der Waals surface area contributed by atoms with E-state index in [9.17, 15) is 0 Å². The number of aromatic nitrogens is 3. The Morgan fingerprint density at radius 2 is 2.20 bits per heavy atom. The number of halogens is 1. The van der Waals surface area contributed by atoms with E-state index in [0.717, 1.165) is 38.4 Å². The second-order valence-corrected chi connectivity index (χ2v) is 7.79. The zero-order chi connectivity index (χ0) is 17.8. The molecule has 0 radical (unpaired) electrons. The number of hydrogen-bond donors (Lipinski definition) is 1. The normalized spacial score (nSPS) is 10.8. The number of nitrogens with one attached hydrogen (secondary N) is 1. The second kappa shape index (κ2) is 7.73. The third kappa shape index (κ3) is 4.04. The van der Waals surface area contributed by atoms with Crippen LogP contribution in [-0.4, -0.2) is 21.3 Å². The van der Waals surface area contributed by atoms with Crippen molar-refractivity contribution in [1.82, 2.24) is 14.8 Å². The summed E-state index contributed by atoms with van der Waals surface area (Å²) in [6, 6.07) is 7.94. The lowest BCUT2D eigenvalue weighted by Crippen LogP contribution is -2.07. The molecule has 0 saturated carbocycles. The van der Waals surface area contributed by atoms with Gasteiger partial charge in [0.25, 0.3) is 0 Å². The minimum atomic E-state index is 0.441. The molecule has 0 spiro atoms. The highest BCUT2D eigenvalue weighted by Gasteiger charge is 2.17. The number of hydrogen-bond acceptors (Lipinski definition) is 4. The third-order valence-corrected chi connectivity index (χ3v) is 4.86. The van der Waals surface area contributed by atoms with Crippen LogP contribution in [0.1, 0.15) is 13.8 Å². The summed E-state index contributed by atoms with van der Waals surface area (Å²) in [4.78, 5) is 5.42. The van der Waals surface area contributed by atoms with Gasteiger partial charge in [-0.1, -0.05) is 31.4 Å². The molecule has 0 atom stereocenters. The highest BCUT2D eigenvalue weighted by atomic mass is 35.5. The zero-order valence-electron chi connectivity index (χ0n) is 14.2. The Morgan fingerprint density at radius 3 is 2.88 bits per heavy atom. The van der Waals surface area contributed by atoms with Gasteiger partial charge in [0.1, 0.15) is 5.82 Å². The van der Waals surface area contributed by atoms with Crippen molar-refractivity contribution in [3.63, 3.8) is 0 Å². The molecule has 0 fully saturated rings. The first kappa shape index (κ1) is 17.5. The summed E-state index contributed by atoms with van der Waals surface area (Å²) in [5.74, 6) is 3.81. The first-order chi connectivity index (χ1) is 12.1. The van der Waals surface area contributed by atoms with Crippen molar-refractivity contribution in [2.45, 2.75) is 20.4 Å². The Kier molecular flexibility index (Phi) is 5.42. The van der Waals surface area contributed by atoms with Gasteiger partial charge in [-0.15, -0.1) is 17.8 Å². The molecule has 0 unspecified atom stereocenters. The van der Waals surface area contributed by atoms with Crippen molar-refractivity contribution < 1.29 is 0 Å². The number of thiophene rings is 1. The first-order valence-corrected chi connectivity index (χ1v) is 9.23. The topological polar surface area (TPSA) is 42.7 Å². The third-order valence-electron chi connectivity index (χ3n) is 3.63. The molecule has 0 aromatic carbocycles. The average molecular weight is 371 g/mol. The maximum atomic E-state index is 6.17. The molecule has 3 aromatic rings. The second-order valence-electron chi connectivity index (χ2n) is 6.07. The van der Waals surface area contributed by atoms with Crippen LogP contribution in [0.5, 0.6) is 0 Å². The molecule has 128 valence electrons. The van der Waals surface area contributed by atoms with Crippen molar-refractivity contribution >= 4 is 28.8 Å². The summed E-state index contributed by atoms with van der Waals surface area (Å²) in [7, 11) is 0. The number of rotatable bonds is 6. The van der Waals surface area contributed by atoms with Crippen LogP contribution in [0.3, 0.4) is 0 Å². The monoisotopic (exact) mass is 370 g/mol. The highest BCUT2D eigenvalue weighted by molar-refractivity contribution is 7.19. The summed E-state index contributed by atoms with van der Waals surface area (Å²) in [5.41, 5.74) is 3.19. The van der Waals surface area contributed by atoms with Crippen LogP contribution in [0.4, 0.5) is 5.82 Å². The SMILES string of the molecule is C#CCNc1cc(-c2cnn(CC(C)C)c2-c2ccc(Cl)s2)ccn1. The molecule has 0 aliphatic rings. The largest absolute Gasteiger partial charge is 0.359 e. The Balaban J connectivity index is 2.07. The van der Waals surface area contributed by atoms with Gasteiger partial charge in [-0.05, 0) is 35.7 Å². The number of anilines is 1. The van der Waals surface area contributed by atoms with E-state index in [-0.39, 0.29) is 0 Å². The van der Waals surface area contributed by atoms with Gasteiger partial charge < -0.3 is 5.32 Å². The molecular weight excluding hydrogens is 352 g/mol. The van der Waals surface area contributed by atoms with Gasteiger partial charge in [0, 0.05) is 18.3 Å². The number of pyridine rings is 1. The summed E-state index contributed by atoms with van der Waals surface area (Å²) in [6.45, 7) is 5.65. The van der Waals surface area contributed by atoms with Crippen LogP contribution in [0.2, 0.25) is 4.34 Å². The van der Waals surface area contributed by atoms with Crippen molar-refractivity contribution in [3.05, 3.63) is 41.0 Å².